The lowest BCUT2D eigenvalue weighted by Crippen LogP contribution is -2.30. The van der Waals surface area contributed by atoms with Crippen LogP contribution in [0.3, 0.4) is 0 Å². The molecule has 0 spiro atoms. The lowest BCUT2D eigenvalue weighted by atomic mass is 10.0. The molecular formula is C75H134O6. The van der Waals surface area contributed by atoms with Crippen LogP contribution in [0.1, 0.15) is 367 Å². The summed E-state index contributed by atoms with van der Waals surface area (Å²) in [5.41, 5.74) is 0. The molecule has 81 heavy (non-hydrogen) atoms. The van der Waals surface area contributed by atoms with Gasteiger partial charge in [0.1, 0.15) is 13.2 Å². The number of carbonyl (C=O) groups is 3. The minimum atomic E-state index is -0.782. The molecule has 0 fully saturated rings. The Morgan fingerprint density at radius 2 is 0.444 bits per heavy atom. The van der Waals surface area contributed by atoms with E-state index in [0.29, 0.717) is 19.3 Å². The fraction of sp³-hybridized carbons (Fsp3) is 0.800. The highest BCUT2D eigenvalue weighted by molar-refractivity contribution is 5.71. The van der Waals surface area contributed by atoms with Gasteiger partial charge in [-0.1, -0.05) is 306 Å². The molecule has 0 amide bonds. The van der Waals surface area contributed by atoms with Gasteiger partial charge in [0.2, 0.25) is 0 Å². The van der Waals surface area contributed by atoms with Crippen LogP contribution in [0.5, 0.6) is 0 Å². The number of allylic oxidation sites excluding steroid dienone is 12. The summed E-state index contributed by atoms with van der Waals surface area (Å²) in [5, 5.41) is 0. The SMILES string of the molecule is CCCCC/C=C\C/C=C\CCCCCCCCCCCC(=O)OCC(COC(=O)CCCCCCCCCCCCCCC/C=C\C/C=C\CCCCCCC)OC(=O)CCCCCCCCCCC/C=C\C/C=C\CCCCC. The van der Waals surface area contributed by atoms with Crippen LogP contribution >= 0.6 is 0 Å². The molecule has 470 valence electrons. The predicted molar refractivity (Wildman–Crippen MR) is 353 cm³/mol. The van der Waals surface area contributed by atoms with Crippen molar-refractivity contribution in [2.24, 2.45) is 0 Å². The Bertz CT molecular complexity index is 1490. The van der Waals surface area contributed by atoms with Gasteiger partial charge in [0.05, 0.1) is 0 Å². The Kier molecular flexibility index (Phi) is 66.6. The molecule has 0 aliphatic rings. The van der Waals surface area contributed by atoms with E-state index in [1.165, 1.54) is 250 Å². The third-order valence-electron chi connectivity index (χ3n) is 15.7. The molecule has 0 saturated heterocycles. The van der Waals surface area contributed by atoms with E-state index in [0.717, 1.165) is 77.0 Å². The maximum absolute atomic E-state index is 13.0. The second kappa shape index (κ2) is 69.3. The molecule has 0 aromatic rings. The van der Waals surface area contributed by atoms with Gasteiger partial charge in [-0.05, 0) is 116 Å². The Balaban J connectivity index is 4.34. The zero-order valence-electron chi connectivity index (χ0n) is 54.1. The van der Waals surface area contributed by atoms with Gasteiger partial charge in [-0.2, -0.15) is 0 Å². The van der Waals surface area contributed by atoms with E-state index in [2.05, 4.69) is 93.7 Å². The molecular weight excluding hydrogens is 997 g/mol. The lowest BCUT2D eigenvalue weighted by molar-refractivity contribution is -0.167. The number of hydrogen-bond acceptors (Lipinski definition) is 6. The summed E-state index contributed by atoms with van der Waals surface area (Å²) in [6.45, 7) is 6.63. The fourth-order valence-corrected chi connectivity index (χ4v) is 10.3. The van der Waals surface area contributed by atoms with Crippen molar-refractivity contribution < 1.29 is 28.6 Å². The zero-order valence-corrected chi connectivity index (χ0v) is 54.1. The van der Waals surface area contributed by atoms with Gasteiger partial charge in [-0.25, -0.2) is 0 Å². The number of ether oxygens (including phenoxy) is 3. The maximum atomic E-state index is 13.0. The summed E-state index contributed by atoms with van der Waals surface area (Å²) in [6, 6.07) is 0. The van der Waals surface area contributed by atoms with Gasteiger partial charge in [0, 0.05) is 19.3 Å². The molecule has 0 rings (SSSR count). The second-order valence-electron chi connectivity index (χ2n) is 23.8. The highest BCUT2D eigenvalue weighted by Crippen LogP contribution is 2.17. The first kappa shape index (κ1) is 77.9. The van der Waals surface area contributed by atoms with E-state index in [9.17, 15) is 14.4 Å². The van der Waals surface area contributed by atoms with Gasteiger partial charge < -0.3 is 14.2 Å². The maximum Gasteiger partial charge on any atom is 0.306 e. The van der Waals surface area contributed by atoms with E-state index < -0.39 is 6.10 Å². The van der Waals surface area contributed by atoms with Gasteiger partial charge in [-0.3, -0.25) is 14.4 Å². The Labute approximate surface area is 503 Å². The largest absolute Gasteiger partial charge is 0.462 e. The third kappa shape index (κ3) is 67.5. The summed E-state index contributed by atoms with van der Waals surface area (Å²) in [7, 11) is 0. The predicted octanol–water partition coefficient (Wildman–Crippen LogP) is 24.4. The van der Waals surface area contributed by atoms with Gasteiger partial charge in [0.15, 0.2) is 6.10 Å². The quantitative estimate of drug-likeness (QED) is 0.0261. The summed E-state index contributed by atoms with van der Waals surface area (Å²) < 4.78 is 17.0. The van der Waals surface area contributed by atoms with Crippen LogP contribution in [0.2, 0.25) is 0 Å². The number of esters is 3. The molecule has 6 heteroatoms. The third-order valence-corrected chi connectivity index (χ3v) is 15.7. The second-order valence-corrected chi connectivity index (χ2v) is 23.8. The standard InChI is InChI=1S/C75H134O6/c1-4-7-10-13-16-19-22-25-28-31-34-35-36-37-38-39-42-44-47-50-53-56-59-62-65-68-74(77)80-71-72(81-75(78)69-66-63-60-57-54-51-48-45-41-33-30-27-24-21-18-15-12-9-6-3)70-79-73(76)67-64-61-58-55-52-49-46-43-40-32-29-26-23-20-17-14-11-8-5-2/h17-18,20-22,25-27,29-31,34,72H,4-16,19,23-24,28,32-33,35-71H2,1-3H3/b20-17-,21-18-,25-22-,29-26-,30-27-,34-31-. The van der Waals surface area contributed by atoms with Crippen LogP contribution in [0.4, 0.5) is 0 Å². The minimum Gasteiger partial charge on any atom is -0.462 e. The average Bonchev–Trinajstić information content (AvgIpc) is 3.47. The van der Waals surface area contributed by atoms with Crippen LogP contribution < -0.4 is 0 Å². The number of hydrogen-bond donors (Lipinski definition) is 0. The smallest absolute Gasteiger partial charge is 0.306 e. The monoisotopic (exact) mass is 1130 g/mol. The summed E-state index contributed by atoms with van der Waals surface area (Å²) in [5.74, 6) is -0.865. The van der Waals surface area contributed by atoms with Crippen LogP contribution in [0, 0.1) is 0 Å². The molecule has 1 unspecified atom stereocenters. The molecule has 0 aromatic carbocycles. The van der Waals surface area contributed by atoms with Crippen LogP contribution in [0.25, 0.3) is 0 Å². The summed E-state index contributed by atoms with van der Waals surface area (Å²) in [4.78, 5) is 38.5. The van der Waals surface area contributed by atoms with E-state index in [-0.39, 0.29) is 31.1 Å². The van der Waals surface area contributed by atoms with E-state index in [4.69, 9.17) is 14.2 Å². The fourth-order valence-electron chi connectivity index (χ4n) is 10.3. The normalized spacial score (nSPS) is 12.5. The first-order chi connectivity index (χ1) is 40.0. The molecule has 0 aliphatic carbocycles. The first-order valence-corrected chi connectivity index (χ1v) is 35.4. The molecule has 1 atom stereocenters. The highest BCUT2D eigenvalue weighted by atomic mass is 16.6. The van der Waals surface area contributed by atoms with Crippen molar-refractivity contribution in [1.82, 2.24) is 0 Å². The Morgan fingerprint density at radius 3 is 0.704 bits per heavy atom. The number of carbonyl (C=O) groups excluding carboxylic acids is 3. The van der Waals surface area contributed by atoms with E-state index >= 15 is 0 Å². The Morgan fingerprint density at radius 1 is 0.247 bits per heavy atom. The Hall–Kier alpha value is -3.15. The van der Waals surface area contributed by atoms with Crippen LogP contribution in [0.15, 0.2) is 72.9 Å². The zero-order chi connectivity index (χ0) is 58.5. The molecule has 0 radical (unpaired) electrons. The van der Waals surface area contributed by atoms with Gasteiger partial charge >= 0.3 is 17.9 Å². The van der Waals surface area contributed by atoms with Gasteiger partial charge in [-0.15, -0.1) is 0 Å². The number of unbranched alkanes of at least 4 members (excludes halogenated alkanes) is 42. The molecule has 0 saturated carbocycles. The van der Waals surface area contributed by atoms with Crippen molar-refractivity contribution in [3.8, 4) is 0 Å². The van der Waals surface area contributed by atoms with Crippen molar-refractivity contribution in [2.75, 3.05) is 13.2 Å². The minimum absolute atomic E-state index is 0.0764. The lowest BCUT2D eigenvalue weighted by Gasteiger charge is -2.18. The molecule has 0 heterocycles. The van der Waals surface area contributed by atoms with E-state index in [1.807, 2.05) is 0 Å². The van der Waals surface area contributed by atoms with Crippen LogP contribution in [-0.2, 0) is 28.6 Å². The highest BCUT2D eigenvalue weighted by Gasteiger charge is 2.19. The van der Waals surface area contributed by atoms with Crippen molar-refractivity contribution in [3.05, 3.63) is 72.9 Å². The van der Waals surface area contributed by atoms with E-state index in [1.54, 1.807) is 0 Å². The molecule has 0 aromatic heterocycles. The molecule has 6 nitrogen and oxygen atoms in total. The molecule has 0 bridgehead atoms. The molecule has 0 aliphatic heterocycles. The molecule has 0 N–H and O–H groups in total. The summed E-state index contributed by atoms with van der Waals surface area (Å²) >= 11 is 0. The average molecular weight is 1130 g/mol. The first-order valence-electron chi connectivity index (χ1n) is 35.4. The van der Waals surface area contributed by atoms with Gasteiger partial charge in [0.25, 0.3) is 0 Å². The van der Waals surface area contributed by atoms with Crippen molar-refractivity contribution in [3.63, 3.8) is 0 Å². The number of rotatable bonds is 65. The van der Waals surface area contributed by atoms with Crippen molar-refractivity contribution in [1.29, 1.82) is 0 Å². The topological polar surface area (TPSA) is 78.9 Å². The van der Waals surface area contributed by atoms with Crippen LogP contribution in [-0.4, -0.2) is 37.2 Å². The van der Waals surface area contributed by atoms with Crippen molar-refractivity contribution >= 4 is 17.9 Å². The van der Waals surface area contributed by atoms with Crippen molar-refractivity contribution in [2.45, 2.75) is 374 Å². The summed E-state index contributed by atoms with van der Waals surface area (Å²) in [6.07, 6.45) is 90.6.